The number of thioether (sulfide) groups is 2. The van der Waals surface area contributed by atoms with E-state index in [9.17, 15) is 41.9 Å². The number of amides is 4. The fourth-order valence-corrected chi connectivity index (χ4v) is 11.2. The van der Waals surface area contributed by atoms with Crippen molar-refractivity contribution in [3.05, 3.63) is 197 Å². The van der Waals surface area contributed by atoms with Crippen molar-refractivity contribution in [1.29, 1.82) is 0 Å². The van der Waals surface area contributed by atoms with Crippen molar-refractivity contribution in [2.75, 3.05) is 31.7 Å². The first-order valence-electron chi connectivity index (χ1n) is 24.1. The van der Waals surface area contributed by atoms with Crippen molar-refractivity contribution < 1.29 is 46.6 Å². The van der Waals surface area contributed by atoms with Gasteiger partial charge in [0.1, 0.15) is 31.4 Å². The van der Waals surface area contributed by atoms with Gasteiger partial charge in [-0.15, -0.1) is 0 Å². The predicted octanol–water partition coefficient (Wildman–Crippen LogP) is 11.6. The second-order valence-electron chi connectivity index (χ2n) is 17.8. The number of carbonyl (C=O) groups excluding carboxylic acids is 4. The maximum Gasteiger partial charge on any atom is 0.290 e. The van der Waals surface area contributed by atoms with E-state index < -0.39 is 45.2 Å². The zero-order valence-electron chi connectivity index (χ0n) is 41.3. The van der Waals surface area contributed by atoms with Gasteiger partial charge in [0.15, 0.2) is 23.1 Å². The lowest BCUT2D eigenvalue weighted by Crippen LogP contribution is -2.19. The Kier molecular flexibility index (Phi) is 15.3. The smallest absolute Gasteiger partial charge is 0.290 e. The van der Waals surface area contributed by atoms with E-state index in [0.717, 1.165) is 23.9 Å². The number of imide groups is 2. The largest absolute Gasteiger partial charge is 0.488 e. The summed E-state index contributed by atoms with van der Waals surface area (Å²) >= 11 is 8.28. The van der Waals surface area contributed by atoms with Crippen LogP contribution < -0.4 is 41.0 Å². The van der Waals surface area contributed by atoms with Crippen LogP contribution in [0.5, 0.6) is 17.2 Å². The highest BCUT2D eigenvalue weighted by atomic mass is 35.5. The van der Waals surface area contributed by atoms with Gasteiger partial charge in [0, 0.05) is 48.2 Å². The maximum atomic E-state index is 14.5. The normalized spacial score (nSPS) is 14.7. The summed E-state index contributed by atoms with van der Waals surface area (Å²) in [4.78, 5) is 79.4. The average Bonchev–Trinajstić information content (AvgIpc) is 4.08. The van der Waals surface area contributed by atoms with Crippen molar-refractivity contribution in [3.8, 4) is 39.8 Å². The third kappa shape index (κ3) is 10.8. The molecule has 14 nitrogen and oxygen atoms in total. The second-order valence-corrected chi connectivity index (χ2v) is 20.2. The molecule has 0 saturated carbocycles. The molecule has 3 N–H and O–H groups in total. The lowest BCUT2D eigenvalue weighted by atomic mass is 9.93. The Bertz CT molecular complexity index is 3980. The van der Waals surface area contributed by atoms with Gasteiger partial charge in [-0.25, -0.2) is 13.2 Å². The Balaban J connectivity index is 0.848. The molecule has 0 radical (unpaired) electrons. The SMILES string of the molecule is Cn1c(-c2ccc(F)cc2)c(OCCNc2ccc(/C(CC/C(=C3/SC(=O)NC3=O)c3ccc(OCCOc4c(-c5ccc(F)c(F)c5)n(C)c5ccccc5c4=O)c(Cl)c3)=C3/SC(=O)NC3=O)cc2)c(=O)c2ccccc21. The Morgan fingerprint density at radius 1 is 0.564 bits per heavy atom. The Morgan fingerprint density at radius 2 is 1.08 bits per heavy atom. The van der Waals surface area contributed by atoms with Crippen LogP contribution in [-0.2, 0) is 23.7 Å². The van der Waals surface area contributed by atoms with Crippen molar-refractivity contribution >= 4 is 96.1 Å². The van der Waals surface area contributed by atoms with Crippen molar-refractivity contribution in [2.24, 2.45) is 14.1 Å². The number of nitrogens with zero attached hydrogens (tertiary/aromatic N) is 2. The summed E-state index contributed by atoms with van der Waals surface area (Å²) in [6.45, 7) is 0.0670. The molecule has 0 unspecified atom stereocenters. The van der Waals surface area contributed by atoms with E-state index in [1.54, 1.807) is 103 Å². The van der Waals surface area contributed by atoms with Crippen LogP contribution in [0.25, 0.3) is 55.5 Å². The summed E-state index contributed by atoms with van der Waals surface area (Å²) in [7, 11) is 3.50. The van der Waals surface area contributed by atoms with E-state index in [0.29, 0.717) is 72.8 Å². The molecule has 20 heteroatoms. The lowest BCUT2D eigenvalue weighted by molar-refractivity contribution is -0.116. The predicted molar refractivity (Wildman–Crippen MR) is 297 cm³/mol. The number of aryl methyl sites for hydroxylation is 2. The van der Waals surface area contributed by atoms with Gasteiger partial charge < -0.3 is 28.7 Å². The number of nitrogens with one attached hydrogen (secondary N) is 3. The zero-order chi connectivity index (χ0) is 54.8. The summed E-state index contributed by atoms with van der Waals surface area (Å²) in [5.41, 5.74) is 4.66. The monoisotopic (exact) mass is 1110 g/mol. The summed E-state index contributed by atoms with van der Waals surface area (Å²) in [6, 6.07) is 35.0. The minimum atomic E-state index is -1.10. The number of fused-ring (bicyclic) bond motifs is 2. The number of pyridine rings is 2. The fourth-order valence-electron chi connectivity index (χ4n) is 9.38. The van der Waals surface area contributed by atoms with E-state index in [-0.39, 0.29) is 88.0 Å². The molecule has 0 spiro atoms. The van der Waals surface area contributed by atoms with Crippen LogP contribution in [0.4, 0.5) is 28.4 Å². The first-order valence-corrected chi connectivity index (χ1v) is 26.2. The van der Waals surface area contributed by atoms with Crippen LogP contribution >= 0.6 is 35.1 Å². The Hall–Kier alpha value is -8.52. The van der Waals surface area contributed by atoms with E-state index in [2.05, 4.69) is 16.0 Å². The van der Waals surface area contributed by atoms with Crippen LogP contribution in [0.3, 0.4) is 0 Å². The number of para-hydroxylation sites is 2. The van der Waals surface area contributed by atoms with Crippen molar-refractivity contribution in [2.45, 2.75) is 12.8 Å². The molecule has 0 aliphatic carbocycles. The van der Waals surface area contributed by atoms with Crippen molar-refractivity contribution in [1.82, 2.24) is 19.8 Å². The van der Waals surface area contributed by atoms with Gasteiger partial charge in [0.2, 0.25) is 10.9 Å². The Morgan fingerprint density at radius 3 is 1.63 bits per heavy atom. The van der Waals surface area contributed by atoms with Gasteiger partial charge >= 0.3 is 0 Å². The fraction of sp³-hybridized carbons (Fsp3) is 0.138. The minimum absolute atomic E-state index is 0.0775. The molecule has 2 fully saturated rings. The molecule has 6 aromatic carbocycles. The van der Waals surface area contributed by atoms with Gasteiger partial charge in [-0.05, 0) is 150 Å². The first-order chi connectivity index (χ1) is 37.6. The molecule has 4 heterocycles. The number of rotatable bonds is 17. The molecule has 0 atom stereocenters. The van der Waals surface area contributed by atoms with E-state index in [1.807, 2.05) is 23.7 Å². The van der Waals surface area contributed by atoms with Crippen molar-refractivity contribution in [3.63, 3.8) is 0 Å². The average molecular weight is 1110 g/mol. The van der Waals surface area contributed by atoms with Crippen LogP contribution in [0.15, 0.2) is 153 Å². The molecule has 2 aromatic heterocycles. The maximum absolute atomic E-state index is 14.5. The highest BCUT2D eigenvalue weighted by Gasteiger charge is 2.32. The molecule has 2 saturated heterocycles. The Labute approximate surface area is 455 Å². The second kappa shape index (κ2) is 22.6. The molecule has 78 heavy (non-hydrogen) atoms. The molecule has 0 bridgehead atoms. The molecule has 394 valence electrons. The standard InChI is InChI=1S/C58H43ClF3N5O9S2/c1-66-44-9-5-3-7-39(44)49(68)51(47(66)32-11-17-35(60)18-12-32)75-26-25-63-36-19-13-31(14-20-36)37(53-55(70)64-57(72)77-53)21-22-38(54-56(71)65-58(73)78-54)33-16-24-46(41(59)29-33)74-27-28-76-52-48(34-15-23-42(61)43(62)30-34)67(2)45-10-6-4-8-40(45)50(52)69/h3-20,23-24,29-30,63H,21-22,25-28H2,1-2H3,(H,64,70,72)(H,65,71,73)/b53-37+,54-38-. The number of carbonyl (C=O) groups is 4. The van der Waals surface area contributed by atoms with Crippen LogP contribution in [-0.4, -0.2) is 57.8 Å². The third-order valence-corrected chi connectivity index (χ3v) is 15.2. The number of ether oxygens (including phenoxy) is 3. The summed E-state index contributed by atoms with van der Waals surface area (Å²) in [5, 5.41) is 7.72. The zero-order valence-corrected chi connectivity index (χ0v) is 43.7. The molecular weight excluding hydrogens is 1070 g/mol. The summed E-state index contributed by atoms with van der Waals surface area (Å²) < 4.78 is 64.1. The molecule has 2 aliphatic rings. The number of benzene rings is 6. The molecule has 10 rings (SSSR count). The highest BCUT2D eigenvalue weighted by molar-refractivity contribution is 8.18. The van der Waals surface area contributed by atoms with Gasteiger partial charge in [0.25, 0.3) is 22.3 Å². The van der Waals surface area contributed by atoms with Gasteiger partial charge in [-0.2, -0.15) is 0 Å². The number of hydrogen-bond acceptors (Lipinski definition) is 12. The number of aromatic nitrogens is 2. The summed E-state index contributed by atoms with van der Waals surface area (Å²) in [6.07, 6.45) is 0.219. The van der Waals surface area contributed by atoms with Crippen LogP contribution in [0, 0.1) is 17.5 Å². The molecule has 4 amide bonds. The summed E-state index contributed by atoms with van der Waals surface area (Å²) in [5.74, 6) is -3.54. The van der Waals surface area contributed by atoms with Crippen LogP contribution in [0.2, 0.25) is 5.02 Å². The number of halogens is 4. The van der Waals surface area contributed by atoms with Gasteiger partial charge in [-0.3, -0.25) is 39.4 Å². The molecule has 8 aromatic rings. The van der Waals surface area contributed by atoms with E-state index >= 15 is 0 Å². The quantitative estimate of drug-likeness (QED) is 0.0582. The van der Waals surface area contributed by atoms with Gasteiger partial charge in [-0.1, -0.05) is 54.1 Å². The van der Waals surface area contributed by atoms with Gasteiger partial charge in [0.05, 0.1) is 37.3 Å². The lowest BCUT2D eigenvalue weighted by Gasteiger charge is -2.18. The van der Waals surface area contributed by atoms with Crippen LogP contribution in [0.1, 0.15) is 24.0 Å². The van der Waals surface area contributed by atoms with E-state index in [1.165, 1.54) is 18.2 Å². The molecular formula is C58H43ClF3N5O9S2. The third-order valence-electron chi connectivity index (χ3n) is 13.0. The topological polar surface area (TPSA) is 176 Å². The molecule has 2 aliphatic heterocycles. The minimum Gasteiger partial charge on any atom is -0.488 e. The first kappa shape index (κ1) is 52.9. The number of anilines is 1. The number of allylic oxidation sites excluding steroid dienone is 2. The highest BCUT2D eigenvalue weighted by Crippen LogP contribution is 2.42. The van der Waals surface area contributed by atoms with E-state index in [4.69, 9.17) is 25.8 Å². The number of hydrogen-bond donors (Lipinski definition) is 3.